The lowest BCUT2D eigenvalue weighted by Crippen LogP contribution is -2.11. The monoisotopic (exact) mass is 302 g/mol. The van der Waals surface area contributed by atoms with Crippen LogP contribution in [0.4, 0.5) is 11.4 Å². The number of nitrogens with two attached hydrogens (primary N) is 1. The summed E-state index contributed by atoms with van der Waals surface area (Å²) >= 11 is 0. The average Bonchev–Trinajstić information content (AvgIpc) is 2.92. The molecule has 0 unspecified atom stereocenters. The van der Waals surface area contributed by atoms with Gasteiger partial charge in [0.2, 0.25) is 0 Å². The number of anilines is 2. The first-order valence-electron chi connectivity index (χ1n) is 7.29. The second kappa shape index (κ2) is 5.18. The topological polar surface area (TPSA) is 68.3 Å². The molecule has 0 spiro atoms. The SMILES string of the molecule is Nc1cccc(C(=O)Nc2ccc3c(c2)oc2ccccc23)c1. The number of para-hydroxylation sites is 1. The molecule has 4 aromatic rings. The number of carbonyl (C=O) groups excluding carboxylic acids is 1. The maximum absolute atomic E-state index is 12.3. The van der Waals surface area contributed by atoms with Gasteiger partial charge in [-0.05, 0) is 36.4 Å². The van der Waals surface area contributed by atoms with Crippen molar-refractivity contribution in [2.24, 2.45) is 0 Å². The first-order valence-corrected chi connectivity index (χ1v) is 7.29. The molecule has 1 heterocycles. The highest BCUT2D eigenvalue weighted by molar-refractivity contribution is 6.08. The fourth-order valence-electron chi connectivity index (χ4n) is 2.69. The van der Waals surface area contributed by atoms with Gasteiger partial charge in [0, 0.05) is 33.8 Å². The van der Waals surface area contributed by atoms with Gasteiger partial charge in [0.1, 0.15) is 11.2 Å². The zero-order chi connectivity index (χ0) is 15.8. The molecule has 0 bridgehead atoms. The summed E-state index contributed by atoms with van der Waals surface area (Å²) in [6.07, 6.45) is 0. The number of nitrogens with one attached hydrogen (secondary N) is 1. The van der Waals surface area contributed by atoms with Crippen LogP contribution in [0.15, 0.2) is 71.1 Å². The molecule has 4 rings (SSSR count). The molecule has 4 nitrogen and oxygen atoms in total. The molecule has 3 N–H and O–H groups in total. The van der Waals surface area contributed by atoms with Gasteiger partial charge in [-0.25, -0.2) is 0 Å². The summed E-state index contributed by atoms with van der Waals surface area (Å²) in [6, 6.07) is 20.4. The summed E-state index contributed by atoms with van der Waals surface area (Å²) in [5, 5.41) is 4.96. The van der Waals surface area contributed by atoms with Crippen molar-refractivity contribution in [2.75, 3.05) is 11.1 Å². The summed E-state index contributed by atoms with van der Waals surface area (Å²) in [7, 11) is 0. The summed E-state index contributed by atoms with van der Waals surface area (Å²) in [4.78, 5) is 12.3. The summed E-state index contributed by atoms with van der Waals surface area (Å²) in [5.41, 5.74) is 9.06. The van der Waals surface area contributed by atoms with E-state index in [-0.39, 0.29) is 5.91 Å². The van der Waals surface area contributed by atoms with Crippen LogP contribution in [0.1, 0.15) is 10.4 Å². The maximum Gasteiger partial charge on any atom is 0.255 e. The Kier molecular flexibility index (Phi) is 3.01. The third-order valence-electron chi connectivity index (χ3n) is 3.79. The van der Waals surface area contributed by atoms with Gasteiger partial charge in [-0.1, -0.05) is 24.3 Å². The molecule has 0 saturated heterocycles. The van der Waals surface area contributed by atoms with Gasteiger partial charge in [0.05, 0.1) is 0 Å². The molecule has 0 radical (unpaired) electrons. The Morgan fingerprint density at radius 3 is 2.57 bits per heavy atom. The molecule has 4 heteroatoms. The van der Waals surface area contributed by atoms with Gasteiger partial charge in [0.25, 0.3) is 5.91 Å². The van der Waals surface area contributed by atoms with Gasteiger partial charge in [-0.2, -0.15) is 0 Å². The van der Waals surface area contributed by atoms with E-state index >= 15 is 0 Å². The van der Waals surface area contributed by atoms with Crippen LogP contribution in [-0.4, -0.2) is 5.91 Å². The minimum Gasteiger partial charge on any atom is -0.456 e. The van der Waals surface area contributed by atoms with Crippen molar-refractivity contribution in [3.63, 3.8) is 0 Å². The number of rotatable bonds is 2. The molecule has 0 atom stereocenters. The van der Waals surface area contributed by atoms with E-state index in [1.165, 1.54) is 0 Å². The molecule has 1 amide bonds. The van der Waals surface area contributed by atoms with E-state index in [1.54, 1.807) is 24.3 Å². The lowest BCUT2D eigenvalue weighted by molar-refractivity contribution is 0.102. The second-order valence-corrected chi connectivity index (χ2v) is 5.39. The predicted octanol–water partition coefficient (Wildman–Crippen LogP) is 4.42. The van der Waals surface area contributed by atoms with E-state index < -0.39 is 0 Å². The minimum atomic E-state index is -0.201. The standard InChI is InChI=1S/C19H14N2O2/c20-13-5-3-4-12(10-13)19(22)21-14-8-9-16-15-6-1-2-7-17(15)23-18(16)11-14/h1-11H,20H2,(H,21,22). The highest BCUT2D eigenvalue weighted by Crippen LogP contribution is 2.30. The first-order chi connectivity index (χ1) is 11.2. The number of amides is 1. The fraction of sp³-hybridized carbons (Fsp3) is 0. The van der Waals surface area contributed by atoms with Crippen molar-refractivity contribution >= 4 is 39.2 Å². The van der Waals surface area contributed by atoms with Crippen LogP contribution < -0.4 is 11.1 Å². The molecule has 0 aliphatic rings. The van der Waals surface area contributed by atoms with Gasteiger partial charge in [-0.15, -0.1) is 0 Å². The van der Waals surface area contributed by atoms with E-state index in [1.807, 2.05) is 42.5 Å². The Labute approximate surface area is 132 Å². The fourth-order valence-corrected chi connectivity index (χ4v) is 2.69. The van der Waals surface area contributed by atoms with E-state index in [0.29, 0.717) is 16.9 Å². The van der Waals surface area contributed by atoms with E-state index in [4.69, 9.17) is 10.2 Å². The molecule has 23 heavy (non-hydrogen) atoms. The molecule has 1 aromatic heterocycles. The van der Waals surface area contributed by atoms with Crippen LogP contribution in [0.25, 0.3) is 21.9 Å². The number of carbonyl (C=O) groups is 1. The van der Waals surface area contributed by atoms with Crippen molar-refractivity contribution in [3.8, 4) is 0 Å². The number of benzene rings is 3. The summed E-state index contributed by atoms with van der Waals surface area (Å²) in [5.74, 6) is -0.201. The first kappa shape index (κ1) is 13.4. The second-order valence-electron chi connectivity index (χ2n) is 5.39. The molecule has 0 aliphatic carbocycles. The highest BCUT2D eigenvalue weighted by Gasteiger charge is 2.10. The smallest absolute Gasteiger partial charge is 0.255 e. The predicted molar refractivity (Wildman–Crippen MR) is 92.5 cm³/mol. The average molecular weight is 302 g/mol. The van der Waals surface area contributed by atoms with Gasteiger partial charge < -0.3 is 15.5 Å². The molecule has 0 saturated carbocycles. The van der Waals surface area contributed by atoms with Crippen LogP contribution in [0.3, 0.4) is 0 Å². The number of nitrogen functional groups attached to an aromatic ring is 1. The minimum absolute atomic E-state index is 0.201. The third kappa shape index (κ3) is 2.40. The van der Waals surface area contributed by atoms with Crippen molar-refractivity contribution in [3.05, 3.63) is 72.3 Å². The molecular weight excluding hydrogens is 288 g/mol. The Hall–Kier alpha value is -3.27. The molecule has 112 valence electrons. The molecule has 3 aromatic carbocycles. The van der Waals surface area contributed by atoms with Crippen LogP contribution >= 0.6 is 0 Å². The third-order valence-corrected chi connectivity index (χ3v) is 3.79. The summed E-state index contributed by atoms with van der Waals surface area (Å²) in [6.45, 7) is 0. The van der Waals surface area contributed by atoms with Crippen LogP contribution in [0.5, 0.6) is 0 Å². The van der Waals surface area contributed by atoms with Gasteiger partial charge >= 0.3 is 0 Å². The van der Waals surface area contributed by atoms with Crippen LogP contribution in [-0.2, 0) is 0 Å². The Balaban J connectivity index is 1.69. The Morgan fingerprint density at radius 2 is 1.70 bits per heavy atom. The summed E-state index contributed by atoms with van der Waals surface area (Å²) < 4.78 is 5.83. The normalized spacial score (nSPS) is 11.0. The van der Waals surface area contributed by atoms with E-state index in [9.17, 15) is 4.79 Å². The molecule has 0 fully saturated rings. The van der Waals surface area contributed by atoms with Crippen molar-refractivity contribution in [1.29, 1.82) is 0 Å². The van der Waals surface area contributed by atoms with E-state index in [0.717, 1.165) is 21.9 Å². The Morgan fingerprint density at radius 1 is 0.870 bits per heavy atom. The zero-order valence-electron chi connectivity index (χ0n) is 12.2. The van der Waals surface area contributed by atoms with Gasteiger partial charge in [-0.3, -0.25) is 4.79 Å². The van der Waals surface area contributed by atoms with Gasteiger partial charge in [0.15, 0.2) is 0 Å². The highest BCUT2D eigenvalue weighted by atomic mass is 16.3. The van der Waals surface area contributed by atoms with Crippen molar-refractivity contribution in [1.82, 2.24) is 0 Å². The maximum atomic E-state index is 12.3. The van der Waals surface area contributed by atoms with Crippen LogP contribution in [0, 0.1) is 0 Å². The van der Waals surface area contributed by atoms with Crippen molar-refractivity contribution < 1.29 is 9.21 Å². The molecular formula is C19H14N2O2. The van der Waals surface area contributed by atoms with Crippen molar-refractivity contribution in [2.45, 2.75) is 0 Å². The zero-order valence-corrected chi connectivity index (χ0v) is 12.2. The largest absolute Gasteiger partial charge is 0.456 e. The van der Waals surface area contributed by atoms with E-state index in [2.05, 4.69) is 5.32 Å². The lowest BCUT2D eigenvalue weighted by Gasteiger charge is -2.05. The number of hydrogen-bond donors (Lipinski definition) is 2. The Bertz CT molecular complexity index is 1030. The number of hydrogen-bond acceptors (Lipinski definition) is 3. The molecule has 0 aliphatic heterocycles. The number of fused-ring (bicyclic) bond motifs is 3. The lowest BCUT2D eigenvalue weighted by atomic mass is 10.1. The number of furan rings is 1. The van der Waals surface area contributed by atoms with Crippen LogP contribution in [0.2, 0.25) is 0 Å². The quantitative estimate of drug-likeness (QED) is 0.538.